The Labute approximate surface area is 82.4 Å². The fourth-order valence-corrected chi connectivity index (χ4v) is 1.54. The molecule has 0 saturated carbocycles. The summed E-state index contributed by atoms with van der Waals surface area (Å²) in [5, 5.41) is 2.22. The van der Waals surface area contributed by atoms with Crippen molar-refractivity contribution in [3.8, 4) is 0 Å². The van der Waals surface area contributed by atoms with Crippen molar-refractivity contribution in [2.75, 3.05) is 6.54 Å². The molecule has 0 aliphatic carbocycles. The molecule has 0 aromatic carbocycles. The van der Waals surface area contributed by atoms with Crippen LogP contribution in [0.4, 0.5) is 0 Å². The molecule has 0 aromatic rings. The van der Waals surface area contributed by atoms with Crippen molar-refractivity contribution >= 4 is 17.7 Å². The monoisotopic (exact) mass is 198 g/mol. The lowest BCUT2D eigenvalue weighted by Crippen LogP contribution is -2.59. The second-order valence-corrected chi connectivity index (χ2v) is 3.21. The number of piperazine rings is 1. The highest BCUT2D eigenvalue weighted by Gasteiger charge is 2.34. The SMILES string of the molecule is CCC(=O)N1CC(=O)NC(=O)C1CC. The number of hydrogen-bond acceptors (Lipinski definition) is 3. The minimum absolute atomic E-state index is 0.00306. The van der Waals surface area contributed by atoms with E-state index in [0.29, 0.717) is 12.8 Å². The van der Waals surface area contributed by atoms with Gasteiger partial charge in [0, 0.05) is 6.42 Å². The van der Waals surface area contributed by atoms with Gasteiger partial charge in [-0.3, -0.25) is 19.7 Å². The lowest BCUT2D eigenvalue weighted by atomic mass is 10.1. The topological polar surface area (TPSA) is 66.5 Å². The summed E-state index contributed by atoms with van der Waals surface area (Å²) in [5.74, 6) is -0.924. The third-order valence-corrected chi connectivity index (χ3v) is 2.26. The van der Waals surface area contributed by atoms with Crippen LogP contribution in [0.25, 0.3) is 0 Å². The maximum absolute atomic E-state index is 11.4. The largest absolute Gasteiger partial charge is 0.321 e. The van der Waals surface area contributed by atoms with E-state index in [1.165, 1.54) is 4.90 Å². The van der Waals surface area contributed by atoms with E-state index in [2.05, 4.69) is 5.32 Å². The van der Waals surface area contributed by atoms with E-state index in [1.807, 2.05) is 6.92 Å². The van der Waals surface area contributed by atoms with Crippen molar-refractivity contribution in [3.63, 3.8) is 0 Å². The lowest BCUT2D eigenvalue weighted by molar-refractivity contribution is -0.150. The van der Waals surface area contributed by atoms with Crippen LogP contribution in [-0.2, 0) is 14.4 Å². The highest BCUT2D eigenvalue weighted by molar-refractivity contribution is 6.04. The zero-order chi connectivity index (χ0) is 10.7. The van der Waals surface area contributed by atoms with Gasteiger partial charge in [0.05, 0.1) is 0 Å². The molecule has 1 unspecified atom stereocenters. The van der Waals surface area contributed by atoms with Gasteiger partial charge in [-0.25, -0.2) is 0 Å². The minimum Gasteiger partial charge on any atom is -0.321 e. The maximum Gasteiger partial charge on any atom is 0.249 e. The smallest absolute Gasteiger partial charge is 0.249 e. The molecular formula is C9H14N2O3. The van der Waals surface area contributed by atoms with Gasteiger partial charge < -0.3 is 4.90 Å². The van der Waals surface area contributed by atoms with Crippen molar-refractivity contribution in [3.05, 3.63) is 0 Å². The van der Waals surface area contributed by atoms with Crippen LogP contribution in [0.5, 0.6) is 0 Å². The van der Waals surface area contributed by atoms with Gasteiger partial charge in [0.25, 0.3) is 0 Å². The second-order valence-electron chi connectivity index (χ2n) is 3.21. The van der Waals surface area contributed by atoms with E-state index in [0.717, 1.165) is 0 Å². The van der Waals surface area contributed by atoms with Crippen LogP contribution in [0.2, 0.25) is 0 Å². The van der Waals surface area contributed by atoms with Crippen LogP contribution >= 0.6 is 0 Å². The number of nitrogens with one attached hydrogen (secondary N) is 1. The summed E-state index contributed by atoms with van der Waals surface area (Å²) in [6, 6.07) is -0.486. The summed E-state index contributed by atoms with van der Waals surface area (Å²) in [4.78, 5) is 35.1. The zero-order valence-electron chi connectivity index (χ0n) is 8.37. The van der Waals surface area contributed by atoms with Crippen molar-refractivity contribution in [2.45, 2.75) is 32.7 Å². The van der Waals surface area contributed by atoms with Gasteiger partial charge in [-0.15, -0.1) is 0 Å². The van der Waals surface area contributed by atoms with E-state index in [9.17, 15) is 14.4 Å². The molecule has 3 amide bonds. The fourth-order valence-electron chi connectivity index (χ4n) is 1.54. The number of carbonyl (C=O) groups is 3. The molecule has 0 radical (unpaired) electrons. The van der Waals surface area contributed by atoms with Gasteiger partial charge in [0.2, 0.25) is 17.7 Å². The third kappa shape index (κ3) is 1.92. The Balaban J connectivity index is 2.83. The molecule has 1 heterocycles. The van der Waals surface area contributed by atoms with Gasteiger partial charge in [-0.1, -0.05) is 13.8 Å². The molecule has 1 saturated heterocycles. The quantitative estimate of drug-likeness (QED) is 0.617. The summed E-state index contributed by atoms with van der Waals surface area (Å²) >= 11 is 0. The van der Waals surface area contributed by atoms with Crippen LogP contribution in [0.15, 0.2) is 0 Å². The molecule has 1 aliphatic rings. The predicted octanol–water partition coefficient (Wildman–Crippen LogP) is -0.340. The first-order valence-electron chi connectivity index (χ1n) is 4.73. The van der Waals surface area contributed by atoms with Gasteiger partial charge in [0.1, 0.15) is 12.6 Å². The summed E-state index contributed by atoms with van der Waals surface area (Å²) in [5.41, 5.74) is 0. The Morgan fingerprint density at radius 1 is 1.50 bits per heavy atom. The lowest BCUT2D eigenvalue weighted by Gasteiger charge is -2.33. The molecule has 1 rings (SSSR count). The highest BCUT2D eigenvalue weighted by Crippen LogP contribution is 2.10. The molecule has 5 nitrogen and oxygen atoms in total. The Morgan fingerprint density at radius 2 is 2.14 bits per heavy atom. The number of carbonyl (C=O) groups excluding carboxylic acids is 3. The number of imide groups is 1. The number of rotatable bonds is 2. The first kappa shape index (κ1) is 10.7. The van der Waals surface area contributed by atoms with Crippen molar-refractivity contribution in [1.29, 1.82) is 0 Å². The van der Waals surface area contributed by atoms with Crippen LogP contribution in [0.1, 0.15) is 26.7 Å². The Bertz CT molecular complexity index is 275. The third-order valence-electron chi connectivity index (χ3n) is 2.26. The number of amides is 3. The molecule has 1 N–H and O–H groups in total. The standard InChI is InChI=1S/C9H14N2O3/c1-3-6-9(14)10-7(12)5-11(6)8(13)4-2/h6H,3-5H2,1-2H3,(H,10,12,14). The summed E-state index contributed by atoms with van der Waals surface area (Å²) in [7, 11) is 0. The van der Waals surface area contributed by atoms with Crippen molar-refractivity contribution < 1.29 is 14.4 Å². The average molecular weight is 198 g/mol. The summed E-state index contributed by atoms with van der Waals surface area (Å²) in [6.45, 7) is 3.53. The van der Waals surface area contributed by atoms with E-state index < -0.39 is 11.9 Å². The molecule has 1 atom stereocenters. The molecule has 0 aromatic heterocycles. The molecule has 1 fully saturated rings. The van der Waals surface area contributed by atoms with Crippen LogP contribution < -0.4 is 5.32 Å². The van der Waals surface area contributed by atoms with E-state index in [4.69, 9.17) is 0 Å². The molecule has 0 bridgehead atoms. The van der Waals surface area contributed by atoms with Crippen molar-refractivity contribution in [1.82, 2.24) is 10.2 Å². The Kier molecular flexibility index (Phi) is 3.22. The zero-order valence-corrected chi connectivity index (χ0v) is 8.37. The second kappa shape index (κ2) is 4.21. The Hall–Kier alpha value is -1.39. The normalized spacial score (nSPS) is 22.1. The van der Waals surface area contributed by atoms with E-state index in [-0.39, 0.29) is 18.4 Å². The summed E-state index contributed by atoms with van der Waals surface area (Å²) in [6.07, 6.45) is 0.849. The van der Waals surface area contributed by atoms with Gasteiger partial charge >= 0.3 is 0 Å². The molecule has 0 spiro atoms. The molecule has 78 valence electrons. The fraction of sp³-hybridized carbons (Fsp3) is 0.667. The van der Waals surface area contributed by atoms with Gasteiger partial charge in [-0.2, -0.15) is 0 Å². The first-order valence-corrected chi connectivity index (χ1v) is 4.73. The van der Waals surface area contributed by atoms with Crippen LogP contribution in [0.3, 0.4) is 0 Å². The van der Waals surface area contributed by atoms with Crippen LogP contribution in [0, 0.1) is 0 Å². The first-order chi connectivity index (χ1) is 6.60. The highest BCUT2D eigenvalue weighted by atomic mass is 16.2. The Morgan fingerprint density at radius 3 is 2.64 bits per heavy atom. The molecule has 14 heavy (non-hydrogen) atoms. The predicted molar refractivity (Wildman–Crippen MR) is 49.2 cm³/mol. The maximum atomic E-state index is 11.4. The minimum atomic E-state index is -0.486. The van der Waals surface area contributed by atoms with Crippen LogP contribution in [-0.4, -0.2) is 35.2 Å². The van der Waals surface area contributed by atoms with E-state index in [1.54, 1.807) is 6.92 Å². The van der Waals surface area contributed by atoms with Gasteiger partial charge in [0.15, 0.2) is 0 Å². The summed E-state index contributed by atoms with van der Waals surface area (Å²) < 4.78 is 0. The van der Waals surface area contributed by atoms with Gasteiger partial charge in [-0.05, 0) is 6.42 Å². The molecular weight excluding hydrogens is 184 g/mol. The molecule has 1 aliphatic heterocycles. The number of nitrogens with zero attached hydrogens (tertiary/aromatic N) is 1. The molecule has 5 heteroatoms. The van der Waals surface area contributed by atoms with Crippen molar-refractivity contribution in [2.24, 2.45) is 0 Å². The number of hydrogen-bond donors (Lipinski definition) is 1. The van der Waals surface area contributed by atoms with E-state index >= 15 is 0 Å². The average Bonchev–Trinajstić information content (AvgIpc) is 2.15.